The normalized spacial score (nSPS) is 10.8. The average molecular weight is 398 g/mol. The number of carbonyl (C=O) groups excluding carboxylic acids is 2. The van der Waals surface area contributed by atoms with Gasteiger partial charge < -0.3 is 14.5 Å². The summed E-state index contributed by atoms with van der Waals surface area (Å²) in [6.45, 7) is 1.83. The summed E-state index contributed by atoms with van der Waals surface area (Å²) in [6, 6.07) is 15.1. The van der Waals surface area contributed by atoms with Gasteiger partial charge in [-0.1, -0.05) is 49.4 Å². The van der Waals surface area contributed by atoms with Gasteiger partial charge in [0.1, 0.15) is 11.3 Å². The van der Waals surface area contributed by atoms with Crippen LogP contribution in [0.15, 0.2) is 58.2 Å². The first-order valence-electron chi connectivity index (χ1n) is 9.17. The van der Waals surface area contributed by atoms with Gasteiger partial charge in [-0.25, -0.2) is 4.98 Å². The molecule has 0 unspecified atom stereocenters. The summed E-state index contributed by atoms with van der Waals surface area (Å²) >= 11 is 1.13. The van der Waals surface area contributed by atoms with Crippen LogP contribution in [-0.2, 0) is 20.7 Å². The summed E-state index contributed by atoms with van der Waals surface area (Å²) in [5.74, 6) is -0.856. The molecule has 1 N–H and O–H groups in total. The summed E-state index contributed by atoms with van der Waals surface area (Å²) in [5, 5.41) is 3.11. The van der Waals surface area contributed by atoms with Crippen LogP contribution in [0.3, 0.4) is 0 Å². The first-order chi connectivity index (χ1) is 13.6. The highest BCUT2D eigenvalue weighted by molar-refractivity contribution is 7.99. The minimum Gasteiger partial charge on any atom is -0.455 e. The quantitative estimate of drug-likeness (QED) is 0.424. The van der Waals surface area contributed by atoms with Crippen LogP contribution in [0, 0.1) is 0 Å². The molecule has 0 saturated heterocycles. The summed E-state index contributed by atoms with van der Waals surface area (Å²) in [4.78, 5) is 28.1. The highest BCUT2D eigenvalue weighted by Crippen LogP contribution is 2.23. The number of oxazole rings is 1. The molecule has 1 amide bonds. The van der Waals surface area contributed by atoms with E-state index >= 15 is 0 Å². The van der Waals surface area contributed by atoms with E-state index in [9.17, 15) is 9.59 Å². The third kappa shape index (κ3) is 5.85. The van der Waals surface area contributed by atoms with Crippen LogP contribution in [0.1, 0.15) is 25.3 Å². The van der Waals surface area contributed by atoms with Crippen molar-refractivity contribution in [2.75, 3.05) is 17.7 Å². The number of anilines is 1. The largest absolute Gasteiger partial charge is 0.455 e. The lowest BCUT2D eigenvalue weighted by atomic mass is 10.1. The van der Waals surface area contributed by atoms with E-state index in [0.717, 1.165) is 36.5 Å². The Hall–Kier alpha value is -2.80. The number of para-hydroxylation sites is 2. The lowest BCUT2D eigenvalue weighted by Crippen LogP contribution is -2.21. The molecule has 146 valence electrons. The van der Waals surface area contributed by atoms with Crippen molar-refractivity contribution >= 4 is 40.4 Å². The Morgan fingerprint density at radius 3 is 2.68 bits per heavy atom. The predicted octanol–water partition coefficient (Wildman–Crippen LogP) is 4.44. The van der Waals surface area contributed by atoms with Gasteiger partial charge in [0.2, 0.25) is 0 Å². The number of thioether (sulfide) groups is 1. The Morgan fingerprint density at radius 1 is 1.14 bits per heavy atom. The number of unbranched alkanes of at least 4 members (excludes halogenated alkanes) is 1. The zero-order chi connectivity index (χ0) is 19.8. The molecule has 0 aliphatic rings. The Morgan fingerprint density at radius 2 is 1.93 bits per heavy atom. The highest BCUT2D eigenvalue weighted by atomic mass is 32.2. The molecule has 0 aliphatic carbocycles. The second-order valence-electron chi connectivity index (χ2n) is 6.25. The lowest BCUT2D eigenvalue weighted by molar-refractivity contribution is -0.144. The number of rotatable bonds is 9. The lowest BCUT2D eigenvalue weighted by Gasteiger charge is -2.07. The van der Waals surface area contributed by atoms with Crippen molar-refractivity contribution in [2.45, 2.75) is 31.4 Å². The van der Waals surface area contributed by atoms with Gasteiger partial charge in [0.25, 0.3) is 11.1 Å². The van der Waals surface area contributed by atoms with Gasteiger partial charge in [0, 0.05) is 5.69 Å². The van der Waals surface area contributed by atoms with Crippen molar-refractivity contribution in [3.8, 4) is 0 Å². The van der Waals surface area contributed by atoms with Gasteiger partial charge in [0.15, 0.2) is 12.2 Å². The Balaban J connectivity index is 1.39. The molecular weight excluding hydrogens is 376 g/mol. The standard InChI is InChI=1S/C21H22N2O4S/c1-2-3-6-15-9-11-16(12-10-15)22-19(24)13-26-20(25)14-28-21-23-17-7-4-5-8-18(17)27-21/h4-5,7-12H,2-3,6,13-14H2,1H3,(H,22,24). The zero-order valence-electron chi connectivity index (χ0n) is 15.6. The molecule has 2 aromatic carbocycles. The van der Waals surface area contributed by atoms with Gasteiger partial charge in [0.05, 0.1) is 0 Å². The Bertz CT molecular complexity index is 904. The molecule has 6 nitrogen and oxygen atoms in total. The first kappa shape index (κ1) is 19.9. The number of esters is 1. The fourth-order valence-electron chi connectivity index (χ4n) is 2.55. The van der Waals surface area contributed by atoms with Crippen LogP contribution in [0.2, 0.25) is 0 Å². The van der Waals surface area contributed by atoms with E-state index in [4.69, 9.17) is 9.15 Å². The zero-order valence-corrected chi connectivity index (χ0v) is 16.5. The van der Waals surface area contributed by atoms with E-state index < -0.39 is 5.97 Å². The van der Waals surface area contributed by atoms with Gasteiger partial charge in [-0.3, -0.25) is 9.59 Å². The maximum Gasteiger partial charge on any atom is 0.316 e. The number of benzene rings is 2. The minimum absolute atomic E-state index is 0.0201. The summed E-state index contributed by atoms with van der Waals surface area (Å²) in [7, 11) is 0. The molecule has 7 heteroatoms. The van der Waals surface area contributed by atoms with Crippen molar-refractivity contribution in [1.29, 1.82) is 0 Å². The molecule has 0 bridgehead atoms. The highest BCUT2D eigenvalue weighted by Gasteiger charge is 2.12. The number of aryl methyl sites for hydroxylation is 1. The fourth-order valence-corrected chi connectivity index (χ4v) is 3.19. The van der Waals surface area contributed by atoms with Crippen molar-refractivity contribution in [3.05, 3.63) is 54.1 Å². The third-order valence-electron chi connectivity index (χ3n) is 4.01. The van der Waals surface area contributed by atoms with E-state index in [2.05, 4.69) is 17.2 Å². The van der Waals surface area contributed by atoms with Crippen molar-refractivity contribution in [2.24, 2.45) is 0 Å². The number of hydrogen-bond acceptors (Lipinski definition) is 6. The van der Waals surface area contributed by atoms with Crippen molar-refractivity contribution < 1.29 is 18.7 Å². The van der Waals surface area contributed by atoms with Crippen LogP contribution in [0.4, 0.5) is 5.69 Å². The van der Waals surface area contributed by atoms with E-state index in [1.165, 1.54) is 5.56 Å². The number of fused-ring (bicyclic) bond motifs is 1. The Labute approximate surface area is 167 Å². The second kappa shape index (κ2) is 9.94. The smallest absolute Gasteiger partial charge is 0.316 e. The van der Waals surface area contributed by atoms with Crippen LogP contribution < -0.4 is 5.32 Å². The number of aromatic nitrogens is 1. The van der Waals surface area contributed by atoms with Gasteiger partial charge in [-0.15, -0.1) is 0 Å². The molecule has 0 atom stereocenters. The van der Waals surface area contributed by atoms with Crippen LogP contribution in [0.5, 0.6) is 0 Å². The van der Waals surface area contributed by atoms with Crippen molar-refractivity contribution in [1.82, 2.24) is 4.98 Å². The molecule has 0 aliphatic heterocycles. The maximum absolute atomic E-state index is 11.9. The molecule has 3 aromatic rings. The molecule has 0 fully saturated rings. The van der Waals surface area contributed by atoms with Gasteiger partial charge in [-0.05, 0) is 42.7 Å². The molecule has 3 rings (SSSR count). The molecular formula is C21H22N2O4S. The molecule has 0 saturated carbocycles. The van der Waals surface area contributed by atoms with E-state index in [1.807, 2.05) is 48.5 Å². The van der Waals surface area contributed by atoms with Crippen LogP contribution in [0.25, 0.3) is 11.1 Å². The number of hydrogen-bond donors (Lipinski definition) is 1. The summed E-state index contributed by atoms with van der Waals surface area (Å²) in [6.07, 6.45) is 3.32. The number of ether oxygens (including phenoxy) is 1. The van der Waals surface area contributed by atoms with Crippen LogP contribution >= 0.6 is 11.8 Å². The minimum atomic E-state index is -0.502. The monoisotopic (exact) mass is 398 g/mol. The fraction of sp³-hybridized carbons (Fsp3) is 0.286. The average Bonchev–Trinajstić information content (AvgIpc) is 3.13. The summed E-state index contributed by atoms with van der Waals surface area (Å²) < 4.78 is 10.5. The molecule has 1 heterocycles. The summed E-state index contributed by atoms with van der Waals surface area (Å²) in [5.41, 5.74) is 3.32. The van der Waals surface area contributed by atoms with Gasteiger partial charge >= 0.3 is 5.97 Å². The number of nitrogens with zero attached hydrogens (tertiary/aromatic N) is 1. The number of nitrogens with one attached hydrogen (secondary N) is 1. The number of amides is 1. The maximum atomic E-state index is 11.9. The molecule has 0 radical (unpaired) electrons. The van der Waals surface area contributed by atoms with Crippen molar-refractivity contribution in [3.63, 3.8) is 0 Å². The van der Waals surface area contributed by atoms with Crippen LogP contribution in [-0.4, -0.2) is 29.2 Å². The predicted molar refractivity (Wildman–Crippen MR) is 109 cm³/mol. The third-order valence-corrected chi connectivity index (χ3v) is 4.81. The second-order valence-corrected chi connectivity index (χ2v) is 7.17. The SMILES string of the molecule is CCCCc1ccc(NC(=O)COC(=O)CSc2nc3ccccc3o2)cc1. The van der Waals surface area contributed by atoms with E-state index in [1.54, 1.807) is 0 Å². The number of carbonyl (C=O) groups is 2. The Kier molecular flexibility index (Phi) is 7.08. The van der Waals surface area contributed by atoms with E-state index in [-0.39, 0.29) is 18.3 Å². The molecule has 1 aromatic heterocycles. The molecule has 28 heavy (non-hydrogen) atoms. The molecule has 0 spiro atoms. The van der Waals surface area contributed by atoms with E-state index in [0.29, 0.717) is 16.5 Å². The van der Waals surface area contributed by atoms with Gasteiger partial charge in [-0.2, -0.15) is 0 Å². The topological polar surface area (TPSA) is 81.4 Å². The first-order valence-corrected chi connectivity index (χ1v) is 10.2.